The minimum absolute atomic E-state index is 0.189. The second-order valence-corrected chi connectivity index (χ2v) is 7.65. The van der Waals surface area contributed by atoms with E-state index >= 15 is 0 Å². The van der Waals surface area contributed by atoms with E-state index in [2.05, 4.69) is 6.92 Å². The van der Waals surface area contributed by atoms with Crippen LogP contribution in [0.1, 0.15) is 41.4 Å². The summed E-state index contributed by atoms with van der Waals surface area (Å²) < 4.78 is 13.8. The van der Waals surface area contributed by atoms with Crippen LogP contribution in [0.3, 0.4) is 0 Å². The zero-order valence-electron chi connectivity index (χ0n) is 18.1. The Morgan fingerprint density at radius 3 is 2.39 bits per heavy atom. The number of hydrogen-bond acceptors (Lipinski definition) is 4. The molecule has 0 bridgehead atoms. The molecule has 1 heterocycles. The zero-order chi connectivity index (χ0) is 22.4. The van der Waals surface area contributed by atoms with Crippen LogP contribution in [0.5, 0.6) is 0 Å². The number of carbonyl (C=O) groups excluding carboxylic acids is 1. The third-order valence-electron chi connectivity index (χ3n) is 5.21. The number of ether oxygens (including phenoxy) is 2. The number of methoxy groups -OCH3 is 2. The Morgan fingerprint density at radius 2 is 1.74 bits per heavy atom. The van der Waals surface area contributed by atoms with Gasteiger partial charge in [0, 0.05) is 13.7 Å². The molecule has 0 spiro atoms. The highest BCUT2D eigenvalue weighted by Crippen LogP contribution is 2.25. The number of hydrogen-bond donors (Lipinski definition) is 0. The van der Waals surface area contributed by atoms with Gasteiger partial charge in [0.15, 0.2) is 0 Å². The Hall–Kier alpha value is -2.83. The van der Waals surface area contributed by atoms with E-state index in [1.165, 1.54) is 7.11 Å². The molecular formula is C24H27ClN2O4. The maximum Gasteiger partial charge on any atom is 0.338 e. The highest BCUT2D eigenvalue weighted by Gasteiger charge is 2.19. The van der Waals surface area contributed by atoms with Crippen LogP contribution in [0.25, 0.3) is 11.1 Å². The van der Waals surface area contributed by atoms with Gasteiger partial charge in [0.05, 0.1) is 31.5 Å². The Bertz CT molecular complexity index is 1100. The van der Waals surface area contributed by atoms with Crippen LogP contribution in [0.15, 0.2) is 53.3 Å². The van der Waals surface area contributed by atoms with Crippen LogP contribution in [-0.2, 0) is 29.2 Å². The van der Waals surface area contributed by atoms with E-state index in [0.29, 0.717) is 24.3 Å². The van der Waals surface area contributed by atoms with Crippen molar-refractivity contribution in [3.8, 4) is 11.1 Å². The molecule has 3 rings (SSSR count). The van der Waals surface area contributed by atoms with Crippen LogP contribution in [0.4, 0.5) is 0 Å². The Morgan fingerprint density at radius 1 is 1.03 bits per heavy atom. The van der Waals surface area contributed by atoms with Crippen molar-refractivity contribution in [1.29, 1.82) is 0 Å². The maximum absolute atomic E-state index is 12.7. The zero-order valence-corrected chi connectivity index (χ0v) is 18.8. The molecule has 3 aromatic rings. The fourth-order valence-electron chi connectivity index (χ4n) is 3.58. The van der Waals surface area contributed by atoms with Gasteiger partial charge in [0.2, 0.25) is 0 Å². The Kier molecular flexibility index (Phi) is 7.71. The molecule has 0 amide bonds. The minimum atomic E-state index is -0.370. The van der Waals surface area contributed by atoms with Gasteiger partial charge in [0.25, 0.3) is 5.56 Å². The monoisotopic (exact) mass is 442 g/mol. The maximum atomic E-state index is 12.7. The van der Waals surface area contributed by atoms with Crippen LogP contribution in [0, 0.1) is 0 Å². The summed E-state index contributed by atoms with van der Waals surface area (Å²) in [6.45, 7) is 3.44. The third kappa shape index (κ3) is 4.92. The smallest absolute Gasteiger partial charge is 0.338 e. The number of benzene rings is 2. The molecule has 6 nitrogen and oxygen atoms in total. The molecule has 0 N–H and O–H groups in total. The Balaban J connectivity index is 1.94. The van der Waals surface area contributed by atoms with E-state index in [1.54, 1.807) is 17.9 Å². The summed E-state index contributed by atoms with van der Waals surface area (Å²) in [5.74, 6) is -0.370. The molecule has 1 aromatic heterocycles. The van der Waals surface area contributed by atoms with Gasteiger partial charge in [-0.15, -0.1) is 0 Å². The molecule has 0 aliphatic carbocycles. The van der Waals surface area contributed by atoms with Crippen molar-refractivity contribution >= 4 is 17.6 Å². The normalized spacial score (nSPS) is 11.0. The van der Waals surface area contributed by atoms with Crippen molar-refractivity contribution < 1.29 is 14.3 Å². The van der Waals surface area contributed by atoms with Gasteiger partial charge in [-0.3, -0.25) is 9.48 Å². The van der Waals surface area contributed by atoms with E-state index < -0.39 is 0 Å². The SMILES string of the molecule is CCCCn1c(=O)c(Cl)c(COC)n1Cc1ccc(-c2ccccc2C(=O)OC)cc1. The van der Waals surface area contributed by atoms with E-state index in [9.17, 15) is 9.59 Å². The van der Waals surface area contributed by atoms with Crippen molar-refractivity contribution in [3.63, 3.8) is 0 Å². The van der Waals surface area contributed by atoms with Gasteiger partial charge in [0.1, 0.15) is 5.02 Å². The fourth-order valence-corrected chi connectivity index (χ4v) is 3.83. The molecule has 0 radical (unpaired) electrons. The van der Waals surface area contributed by atoms with Crippen LogP contribution in [-0.4, -0.2) is 29.6 Å². The lowest BCUT2D eigenvalue weighted by molar-refractivity contribution is 0.0601. The van der Waals surface area contributed by atoms with Crippen LogP contribution < -0.4 is 5.56 Å². The average molecular weight is 443 g/mol. The molecule has 0 atom stereocenters. The molecule has 0 saturated heterocycles. The lowest BCUT2D eigenvalue weighted by atomic mass is 9.98. The molecule has 0 aliphatic rings. The molecule has 0 fully saturated rings. The topological polar surface area (TPSA) is 62.5 Å². The number of aromatic nitrogens is 2. The standard InChI is InChI=1S/C24H27ClN2O4/c1-4-5-14-26-23(28)22(25)21(16-30-2)27(26)15-17-10-12-18(13-11-17)19-8-6-7-9-20(19)24(29)31-3/h6-13H,4-5,14-16H2,1-3H3. The summed E-state index contributed by atoms with van der Waals surface area (Å²) in [5, 5.41) is 0.210. The van der Waals surface area contributed by atoms with Gasteiger partial charge < -0.3 is 9.47 Å². The second kappa shape index (κ2) is 10.5. The Labute approximate surface area is 187 Å². The van der Waals surface area contributed by atoms with Crippen molar-refractivity contribution in [2.45, 2.75) is 39.5 Å². The number of esters is 1. The minimum Gasteiger partial charge on any atom is -0.465 e. The molecule has 164 valence electrons. The van der Waals surface area contributed by atoms with Crippen molar-refractivity contribution in [3.05, 3.63) is 80.7 Å². The van der Waals surface area contributed by atoms with E-state index in [-0.39, 0.29) is 23.2 Å². The van der Waals surface area contributed by atoms with E-state index in [0.717, 1.165) is 29.5 Å². The summed E-state index contributed by atoms with van der Waals surface area (Å²) >= 11 is 6.33. The largest absolute Gasteiger partial charge is 0.465 e. The van der Waals surface area contributed by atoms with Gasteiger partial charge in [-0.2, -0.15) is 0 Å². The van der Waals surface area contributed by atoms with E-state index in [1.807, 2.05) is 47.1 Å². The molecular weight excluding hydrogens is 416 g/mol. The first-order valence-electron chi connectivity index (χ1n) is 10.2. The van der Waals surface area contributed by atoms with E-state index in [4.69, 9.17) is 21.1 Å². The average Bonchev–Trinajstić information content (AvgIpc) is 3.02. The van der Waals surface area contributed by atoms with Gasteiger partial charge in [-0.1, -0.05) is 67.4 Å². The first-order chi connectivity index (χ1) is 15.0. The fraction of sp³-hybridized carbons (Fsp3) is 0.333. The van der Waals surface area contributed by atoms with Crippen molar-refractivity contribution in [2.75, 3.05) is 14.2 Å². The van der Waals surface area contributed by atoms with Crippen molar-refractivity contribution in [1.82, 2.24) is 9.36 Å². The van der Waals surface area contributed by atoms with Crippen LogP contribution >= 0.6 is 11.6 Å². The highest BCUT2D eigenvalue weighted by molar-refractivity contribution is 6.31. The number of rotatable bonds is 9. The quantitative estimate of drug-likeness (QED) is 0.448. The molecule has 0 unspecified atom stereocenters. The number of carbonyl (C=O) groups is 1. The summed E-state index contributed by atoms with van der Waals surface area (Å²) in [6.07, 6.45) is 1.86. The number of unbranched alkanes of at least 4 members (excludes halogenated alkanes) is 1. The highest BCUT2D eigenvalue weighted by atomic mass is 35.5. The molecule has 31 heavy (non-hydrogen) atoms. The lowest BCUT2D eigenvalue weighted by Crippen LogP contribution is -2.24. The van der Waals surface area contributed by atoms with Gasteiger partial charge >= 0.3 is 5.97 Å². The third-order valence-corrected chi connectivity index (χ3v) is 5.59. The summed E-state index contributed by atoms with van der Waals surface area (Å²) in [6, 6.07) is 15.3. The summed E-state index contributed by atoms with van der Waals surface area (Å²) in [5.41, 5.74) is 3.73. The number of nitrogens with zero attached hydrogens (tertiary/aromatic N) is 2. The van der Waals surface area contributed by atoms with Crippen LogP contribution in [0.2, 0.25) is 5.02 Å². The molecule has 0 aliphatic heterocycles. The molecule has 7 heteroatoms. The molecule has 2 aromatic carbocycles. The first kappa shape index (κ1) is 22.8. The lowest BCUT2D eigenvalue weighted by Gasteiger charge is -2.15. The molecule has 0 saturated carbocycles. The predicted octanol–water partition coefficient (Wildman–Crippen LogP) is 4.75. The first-order valence-corrected chi connectivity index (χ1v) is 10.6. The summed E-state index contributed by atoms with van der Waals surface area (Å²) in [7, 11) is 2.96. The van der Waals surface area contributed by atoms with Gasteiger partial charge in [-0.25, -0.2) is 9.48 Å². The second-order valence-electron chi connectivity index (χ2n) is 7.27. The predicted molar refractivity (Wildman–Crippen MR) is 122 cm³/mol. The number of halogens is 1. The summed E-state index contributed by atoms with van der Waals surface area (Å²) in [4.78, 5) is 24.8. The van der Waals surface area contributed by atoms with Gasteiger partial charge in [-0.05, 0) is 29.2 Å². The van der Waals surface area contributed by atoms with Crippen molar-refractivity contribution in [2.24, 2.45) is 0 Å².